The first-order valence-electron chi connectivity index (χ1n) is 6.89. The number of carbonyl (C=O) groups excluding carboxylic acids is 2. The molecule has 0 aliphatic carbocycles. The molecule has 0 aromatic carbocycles. The zero-order chi connectivity index (χ0) is 14.3. The predicted octanol–water partition coefficient (Wildman–Crippen LogP) is 0.165. The van der Waals surface area contributed by atoms with Gasteiger partial charge in [-0.3, -0.25) is 14.9 Å². The molecule has 1 N–H and O–H groups in total. The second-order valence-electron chi connectivity index (χ2n) is 4.54. The first kappa shape index (κ1) is 15.9. The van der Waals surface area contributed by atoms with Crippen LogP contribution in [-0.2, 0) is 19.1 Å². The number of carbonyl (C=O) groups is 2. The van der Waals surface area contributed by atoms with E-state index in [4.69, 9.17) is 9.47 Å². The van der Waals surface area contributed by atoms with Gasteiger partial charge in [-0.05, 0) is 20.3 Å². The normalized spacial score (nSPS) is 18.8. The molecule has 1 saturated heterocycles. The number of hydrogen-bond donors (Lipinski definition) is 1. The van der Waals surface area contributed by atoms with Gasteiger partial charge < -0.3 is 14.4 Å². The molecule has 1 fully saturated rings. The largest absolute Gasteiger partial charge is 0.465 e. The van der Waals surface area contributed by atoms with Crippen molar-refractivity contribution in [1.82, 2.24) is 10.2 Å². The van der Waals surface area contributed by atoms with Gasteiger partial charge in [-0.25, -0.2) is 0 Å². The van der Waals surface area contributed by atoms with Gasteiger partial charge >= 0.3 is 5.97 Å². The van der Waals surface area contributed by atoms with Crippen LogP contribution < -0.4 is 5.32 Å². The summed E-state index contributed by atoms with van der Waals surface area (Å²) in [4.78, 5) is 25.6. The van der Waals surface area contributed by atoms with Gasteiger partial charge in [0.1, 0.15) is 6.04 Å². The van der Waals surface area contributed by atoms with E-state index in [1.165, 1.54) is 0 Å². The second-order valence-corrected chi connectivity index (χ2v) is 4.54. The van der Waals surface area contributed by atoms with E-state index in [0.29, 0.717) is 39.3 Å². The minimum Gasteiger partial charge on any atom is -0.465 e. The molecule has 1 rings (SSSR count). The SMILES string of the molecule is CCOC(=O)C(CC)NC(C)C(=O)N1CCOCC1. The number of esters is 1. The Labute approximate surface area is 114 Å². The van der Waals surface area contributed by atoms with Crippen LogP contribution >= 0.6 is 0 Å². The number of nitrogens with zero attached hydrogens (tertiary/aromatic N) is 1. The van der Waals surface area contributed by atoms with Crippen LogP contribution in [0.1, 0.15) is 27.2 Å². The molecule has 0 aromatic heterocycles. The smallest absolute Gasteiger partial charge is 0.323 e. The molecule has 1 aliphatic rings. The standard InChI is InChI=1S/C13H24N2O4/c1-4-11(13(17)19-5-2)14-10(3)12(16)15-6-8-18-9-7-15/h10-11,14H,4-9H2,1-3H3. The summed E-state index contributed by atoms with van der Waals surface area (Å²) in [5.41, 5.74) is 0. The Bertz CT molecular complexity index is 303. The van der Waals surface area contributed by atoms with E-state index in [9.17, 15) is 9.59 Å². The summed E-state index contributed by atoms with van der Waals surface area (Å²) in [5.74, 6) is -0.294. The minimum atomic E-state index is -0.431. The van der Waals surface area contributed by atoms with Gasteiger partial charge in [0.15, 0.2) is 0 Å². The topological polar surface area (TPSA) is 67.9 Å². The summed E-state index contributed by atoms with van der Waals surface area (Å²) in [6.07, 6.45) is 0.597. The Hall–Kier alpha value is -1.14. The molecule has 1 amide bonds. The predicted molar refractivity (Wildman–Crippen MR) is 70.7 cm³/mol. The number of hydrogen-bond acceptors (Lipinski definition) is 5. The molecule has 0 spiro atoms. The number of nitrogens with one attached hydrogen (secondary N) is 1. The molecule has 1 heterocycles. The van der Waals surface area contributed by atoms with Gasteiger partial charge in [-0.2, -0.15) is 0 Å². The van der Waals surface area contributed by atoms with Gasteiger partial charge in [0.25, 0.3) is 0 Å². The lowest BCUT2D eigenvalue weighted by Gasteiger charge is -2.30. The van der Waals surface area contributed by atoms with Gasteiger partial charge in [0.2, 0.25) is 5.91 Å². The Morgan fingerprint density at radius 3 is 2.47 bits per heavy atom. The zero-order valence-corrected chi connectivity index (χ0v) is 12.0. The summed E-state index contributed by atoms with van der Waals surface area (Å²) < 4.78 is 10.2. The molecule has 110 valence electrons. The highest BCUT2D eigenvalue weighted by Crippen LogP contribution is 2.03. The van der Waals surface area contributed by atoms with Crippen molar-refractivity contribution in [1.29, 1.82) is 0 Å². The van der Waals surface area contributed by atoms with Crippen molar-refractivity contribution in [3.05, 3.63) is 0 Å². The molecule has 6 nitrogen and oxygen atoms in total. The van der Waals surface area contributed by atoms with Crippen LogP contribution in [0.2, 0.25) is 0 Å². The number of amides is 1. The van der Waals surface area contributed by atoms with Crippen LogP contribution in [0.5, 0.6) is 0 Å². The third-order valence-corrected chi connectivity index (χ3v) is 3.12. The van der Waals surface area contributed by atoms with E-state index >= 15 is 0 Å². The van der Waals surface area contributed by atoms with Gasteiger partial charge in [0, 0.05) is 13.1 Å². The first-order valence-corrected chi connectivity index (χ1v) is 6.89. The molecule has 19 heavy (non-hydrogen) atoms. The maximum absolute atomic E-state index is 12.2. The zero-order valence-electron chi connectivity index (χ0n) is 12.0. The van der Waals surface area contributed by atoms with Crippen LogP contribution in [0, 0.1) is 0 Å². The van der Waals surface area contributed by atoms with E-state index in [2.05, 4.69) is 5.32 Å². The van der Waals surface area contributed by atoms with Crippen LogP contribution in [0.15, 0.2) is 0 Å². The highest BCUT2D eigenvalue weighted by molar-refractivity contribution is 5.83. The van der Waals surface area contributed by atoms with Gasteiger partial charge in [-0.1, -0.05) is 6.92 Å². The fourth-order valence-corrected chi connectivity index (χ4v) is 2.03. The van der Waals surface area contributed by atoms with Crippen LogP contribution in [-0.4, -0.2) is 61.8 Å². The third-order valence-electron chi connectivity index (χ3n) is 3.12. The van der Waals surface area contributed by atoms with E-state index in [1.807, 2.05) is 6.92 Å². The Kier molecular flexibility index (Phi) is 6.80. The Morgan fingerprint density at radius 2 is 1.95 bits per heavy atom. The average Bonchev–Trinajstić information content (AvgIpc) is 2.44. The molecule has 6 heteroatoms. The summed E-state index contributed by atoms with van der Waals surface area (Å²) in [6.45, 7) is 8.17. The number of morpholine rings is 1. The monoisotopic (exact) mass is 272 g/mol. The van der Waals surface area contributed by atoms with Crippen LogP contribution in [0.4, 0.5) is 0 Å². The quantitative estimate of drug-likeness (QED) is 0.698. The molecular weight excluding hydrogens is 248 g/mol. The van der Waals surface area contributed by atoms with Crippen molar-refractivity contribution in [3.63, 3.8) is 0 Å². The number of ether oxygens (including phenoxy) is 2. The summed E-state index contributed by atoms with van der Waals surface area (Å²) in [6, 6.07) is -0.826. The maximum Gasteiger partial charge on any atom is 0.323 e. The number of rotatable bonds is 6. The van der Waals surface area contributed by atoms with Crippen molar-refractivity contribution in [2.24, 2.45) is 0 Å². The molecule has 2 unspecified atom stereocenters. The summed E-state index contributed by atoms with van der Waals surface area (Å²) in [7, 11) is 0. The van der Waals surface area contributed by atoms with E-state index < -0.39 is 12.1 Å². The van der Waals surface area contributed by atoms with Crippen LogP contribution in [0.25, 0.3) is 0 Å². The van der Waals surface area contributed by atoms with E-state index in [1.54, 1.807) is 18.7 Å². The summed E-state index contributed by atoms with van der Waals surface area (Å²) in [5, 5.41) is 3.04. The highest BCUT2D eigenvalue weighted by atomic mass is 16.5. The molecule has 2 atom stereocenters. The molecule has 0 radical (unpaired) electrons. The first-order chi connectivity index (χ1) is 9.10. The van der Waals surface area contributed by atoms with Gasteiger partial charge in [-0.15, -0.1) is 0 Å². The molecule has 0 aromatic rings. The highest BCUT2D eigenvalue weighted by Gasteiger charge is 2.26. The van der Waals surface area contributed by atoms with Crippen molar-refractivity contribution >= 4 is 11.9 Å². The van der Waals surface area contributed by atoms with Gasteiger partial charge in [0.05, 0.1) is 25.9 Å². The average molecular weight is 272 g/mol. The van der Waals surface area contributed by atoms with Crippen molar-refractivity contribution in [2.75, 3.05) is 32.9 Å². The second kappa shape index (κ2) is 8.12. The van der Waals surface area contributed by atoms with Crippen molar-refractivity contribution in [2.45, 2.75) is 39.3 Å². The molecule has 1 aliphatic heterocycles. The molecule has 0 bridgehead atoms. The van der Waals surface area contributed by atoms with Crippen molar-refractivity contribution in [3.8, 4) is 0 Å². The molecular formula is C13H24N2O4. The fourth-order valence-electron chi connectivity index (χ4n) is 2.03. The maximum atomic E-state index is 12.2. The minimum absolute atomic E-state index is 0.00560. The van der Waals surface area contributed by atoms with Crippen molar-refractivity contribution < 1.29 is 19.1 Å². The summed E-state index contributed by atoms with van der Waals surface area (Å²) >= 11 is 0. The third kappa shape index (κ3) is 4.80. The van der Waals surface area contributed by atoms with E-state index in [0.717, 1.165) is 0 Å². The Morgan fingerprint density at radius 1 is 1.32 bits per heavy atom. The van der Waals surface area contributed by atoms with Crippen LogP contribution in [0.3, 0.4) is 0 Å². The lowest BCUT2D eigenvalue weighted by molar-refractivity contribution is -0.146. The van der Waals surface area contributed by atoms with E-state index in [-0.39, 0.29) is 11.9 Å². The molecule has 0 saturated carbocycles. The Balaban J connectivity index is 2.48. The fraction of sp³-hybridized carbons (Fsp3) is 0.846. The lowest BCUT2D eigenvalue weighted by atomic mass is 10.1. The lowest BCUT2D eigenvalue weighted by Crippen LogP contribution is -2.53.